The molecule has 3 aromatic rings. The van der Waals surface area contributed by atoms with Crippen LogP contribution in [-0.4, -0.2) is 27.0 Å². The van der Waals surface area contributed by atoms with Crippen molar-refractivity contribution in [1.29, 1.82) is 0 Å². The molecule has 146 valence electrons. The average Bonchev–Trinajstić information content (AvgIpc) is 3.32. The lowest BCUT2D eigenvalue weighted by Crippen LogP contribution is -2.36. The Hall–Kier alpha value is -1.99. The highest BCUT2D eigenvalue weighted by atomic mass is 79.9. The first-order valence-electron chi connectivity index (χ1n) is 9.52. The Morgan fingerprint density at radius 3 is 2.79 bits per heavy atom. The number of nitrogens with zero attached hydrogens (tertiary/aromatic N) is 3. The molecule has 28 heavy (non-hydrogen) atoms. The SMILES string of the molecule is CC(C)N(Cc1nnc(-c2ccccc2Br)o1)C(=O)c1cc2c(s1)CCCC2. The van der Waals surface area contributed by atoms with Gasteiger partial charge in [-0.2, -0.15) is 0 Å². The van der Waals surface area contributed by atoms with Gasteiger partial charge in [0.15, 0.2) is 0 Å². The number of fused-ring (bicyclic) bond motifs is 1. The van der Waals surface area contributed by atoms with E-state index in [4.69, 9.17) is 4.42 Å². The third-order valence-electron chi connectivity index (χ3n) is 4.97. The van der Waals surface area contributed by atoms with Crippen LogP contribution in [0.3, 0.4) is 0 Å². The van der Waals surface area contributed by atoms with Gasteiger partial charge in [-0.3, -0.25) is 4.79 Å². The molecule has 0 unspecified atom stereocenters. The highest BCUT2D eigenvalue weighted by Gasteiger charge is 2.25. The van der Waals surface area contributed by atoms with Gasteiger partial charge in [0.2, 0.25) is 11.8 Å². The number of halogens is 1. The summed E-state index contributed by atoms with van der Waals surface area (Å²) < 4.78 is 6.75. The number of hydrogen-bond acceptors (Lipinski definition) is 5. The summed E-state index contributed by atoms with van der Waals surface area (Å²) in [6, 6.07) is 9.82. The second-order valence-corrected chi connectivity index (χ2v) is 9.26. The molecule has 2 heterocycles. The standard InChI is InChI=1S/C21H22BrN3O2S/c1-13(2)25(21(26)18-11-14-7-3-6-10-17(14)28-18)12-19-23-24-20(27-19)15-8-4-5-9-16(15)22/h4-5,8-9,11,13H,3,6-7,10,12H2,1-2H3. The molecule has 0 saturated carbocycles. The summed E-state index contributed by atoms with van der Waals surface area (Å²) in [7, 11) is 0. The molecule has 5 nitrogen and oxygen atoms in total. The molecule has 0 atom stereocenters. The number of carbonyl (C=O) groups excluding carboxylic acids is 1. The Bertz CT molecular complexity index is 972. The van der Waals surface area contributed by atoms with Crippen LogP contribution in [0.2, 0.25) is 0 Å². The lowest BCUT2D eigenvalue weighted by Gasteiger charge is -2.24. The quantitative estimate of drug-likeness (QED) is 0.505. The van der Waals surface area contributed by atoms with Gasteiger partial charge in [-0.1, -0.05) is 12.1 Å². The van der Waals surface area contributed by atoms with E-state index in [1.165, 1.54) is 23.3 Å². The fourth-order valence-electron chi connectivity index (χ4n) is 3.43. The predicted molar refractivity (Wildman–Crippen MR) is 113 cm³/mol. The van der Waals surface area contributed by atoms with E-state index < -0.39 is 0 Å². The lowest BCUT2D eigenvalue weighted by molar-refractivity contribution is 0.0677. The highest BCUT2D eigenvalue weighted by molar-refractivity contribution is 9.10. The minimum atomic E-state index is 0.0328. The minimum Gasteiger partial charge on any atom is -0.419 e. The van der Waals surface area contributed by atoms with Crippen LogP contribution in [0.5, 0.6) is 0 Å². The third kappa shape index (κ3) is 3.91. The molecule has 0 saturated heterocycles. The zero-order valence-electron chi connectivity index (χ0n) is 15.9. The average molecular weight is 460 g/mol. The van der Waals surface area contributed by atoms with Gasteiger partial charge >= 0.3 is 0 Å². The van der Waals surface area contributed by atoms with Gasteiger partial charge < -0.3 is 9.32 Å². The van der Waals surface area contributed by atoms with Crippen LogP contribution in [0, 0.1) is 0 Å². The summed E-state index contributed by atoms with van der Waals surface area (Å²) in [5.41, 5.74) is 2.19. The number of aromatic nitrogens is 2. The number of thiophene rings is 1. The summed E-state index contributed by atoms with van der Waals surface area (Å²) in [4.78, 5) is 17.2. The molecule has 0 fully saturated rings. The topological polar surface area (TPSA) is 59.2 Å². The van der Waals surface area contributed by atoms with E-state index in [9.17, 15) is 4.79 Å². The Kier molecular flexibility index (Phi) is 5.64. The maximum absolute atomic E-state index is 13.2. The van der Waals surface area contributed by atoms with E-state index in [1.807, 2.05) is 38.1 Å². The van der Waals surface area contributed by atoms with E-state index >= 15 is 0 Å². The highest BCUT2D eigenvalue weighted by Crippen LogP contribution is 2.31. The maximum Gasteiger partial charge on any atom is 0.264 e. The van der Waals surface area contributed by atoms with Gasteiger partial charge in [0.05, 0.1) is 17.0 Å². The summed E-state index contributed by atoms with van der Waals surface area (Å²) in [6.07, 6.45) is 4.60. The second-order valence-electron chi connectivity index (χ2n) is 7.27. The molecule has 0 bridgehead atoms. The number of aryl methyl sites for hydroxylation is 2. The van der Waals surface area contributed by atoms with Crippen LogP contribution in [0.15, 0.2) is 39.2 Å². The van der Waals surface area contributed by atoms with Crippen LogP contribution in [0.1, 0.15) is 52.7 Å². The number of rotatable bonds is 5. The Morgan fingerprint density at radius 1 is 1.25 bits per heavy atom. The molecule has 1 aromatic carbocycles. The molecule has 0 aliphatic heterocycles. The molecule has 2 aromatic heterocycles. The van der Waals surface area contributed by atoms with Crippen LogP contribution in [0.4, 0.5) is 0 Å². The molecule has 4 rings (SSSR count). The fourth-order valence-corrected chi connectivity index (χ4v) is 5.10. The van der Waals surface area contributed by atoms with Crippen LogP contribution < -0.4 is 0 Å². The first-order chi connectivity index (χ1) is 13.5. The van der Waals surface area contributed by atoms with Crippen molar-refractivity contribution in [3.63, 3.8) is 0 Å². The van der Waals surface area contributed by atoms with Gasteiger partial charge in [0.1, 0.15) is 0 Å². The summed E-state index contributed by atoms with van der Waals surface area (Å²) >= 11 is 5.15. The summed E-state index contributed by atoms with van der Waals surface area (Å²) in [5.74, 6) is 0.925. The van der Waals surface area contributed by atoms with Gasteiger partial charge in [0, 0.05) is 15.4 Å². The van der Waals surface area contributed by atoms with Crippen molar-refractivity contribution in [3.05, 3.63) is 56.0 Å². The third-order valence-corrected chi connectivity index (χ3v) is 6.88. The summed E-state index contributed by atoms with van der Waals surface area (Å²) in [5, 5.41) is 8.33. The molecular formula is C21H22BrN3O2S. The molecule has 0 radical (unpaired) electrons. The van der Waals surface area contributed by atoms with Gasteiger partial charge in [-0.05, 0) is 79.2 Å². The molecule has 1 aliphatic rings. The molecule has 7 heteroatoms. The van der Waals surface area contributed by atoms with Crippen molar-refractivity contribution in [3.8, 4) is 11.5 Å². The van der Waals surface area contributed by atoms with Crippen LogP contribution in [-0.2, 0) is 19.4 Å². The van der Waals surface area contributed by atoms with E-state index in [1.54, 1.807) is 16.2 Å². The zero-order chi connectivity index (χ0) is 19.7. The molecule has 1 amide bonds. The van der Waals surface area contributed by atoms with Crippen molar-refractivity contribution in [2.45, 2.75) is 52.1 Å². The second kappa shape index (κ2) is 8.17. The maximum atomic E-state index is 13.2. The van der Waals surface area contributed by atoms with Crippen LogP contribution in [0.25, 0.3) is 11.5 Å². The fraction of sp³-hybridized carbons (Fsp3) is 0.381. The first-order valence-corrected chi connectivity index (χ1v) is 11.1. The van der Waals surface area contributed by atoms with Crippen molar-refractivity contribution in [2.24, 2.45) is 0 Å². The summed E-state index contributed by atoms with van der Waals surface area (Å²) in [6.45, 7) is 4.32. The van der Waals surface area contributed by atoms with E-state index in [-0.39, 0.29) is 11.9 Å². The predicted octanol–water partition coefficient (Wildman–Crippen LogP) is 5.49. The molecule has 0 N–H and O–H groups in total. The minimum absolute atomic E-state index is 0.0328. The molecule has 0 spiro atoms. The smallest absolute Gasteiger partial charge is 0.264 e. The van der Waals surface area contributed by atoms with E-state index in [0.717, 1.165) is 27.8 Å². The number of hydrogen-bond donors (Lipinski definition) is 0. The van der Waals surface area contributed by atoms with Gasteiger partial charge in [-0.25, -0.2) is 0 Å². The molecular weight excluding hydrogens is 438 g/mol. The lowest BCUT2D eigenvalue weighted by atomic mass is 9.99. The first kappa shape index (κ1) is 19.3. The zero-order valence-corrected chi connectivity index (χ0v) is 18.3. The van der Waals surface area contributed by atoms with Gasteiger partial charge in [-0.15, -0.1) is 21.5 Å². The Morgan fingerprint density at radius 2 is 2.04 bits per heavy atom. The van der Waals surface area contributed by atoms with Crippen molar-refractivity contribution < 1.29 is 9.21 Å². The van der Waals surface area contributed by atoms with Crippen molar-refractivity contribution in [2.75, 3.05) is 0 Å². The van der Waals surface area contributed by atoms with Crippen molar-refractivity contribution >= 4 is 33.2 Å². The van der Waals surface area contributed by atoms with Gasteiger partial charge in [0.25, 0.3) is 5.91 Å². The Labute approximate surface area is 176 Å². The van der Waals surface area contributed by atoms with Crippen molar-refractivity contribution in [1.82, 2.24) is 15.1 Å². The number of benzene rings is 1. The molecule has 1 aliphatic carbocycles. The normalized spacial score (nSPS) is 13.6. The largest absolute Gasteiger partial charge is 0.419 e. The number of carbonyl (C=O) groups is 1. The monoisotopic (exact) mass is 459 g/mol. The van der Waals surface area contributed by atoms with E-state index in [0.29, 0.717) is 18.3 Å². The number of amides is 1. The van der Waals surface area contributed by atoms with Crippen LogP contribution >= 0.6 is 27.3 Å². The Balaban J connectivity index is 1.55. The van der Waals surface area contributed by atoms with E-state index in [2.05, 4.69) is 32.2 Å².